The molecule has 0 atom stereocenters. The summed E-state index contributed by atoms with van der Waals surface area (Å²) in [6.07, 6.45) is -4.65. The van der Waals surface area contributed by atoms with Gasteiger partial charge in [0.1, 0.15) is 5.75 Å². The molecule has 0 saturated carbocycles. The van der Waals surface area contributed by atoms with E-state index in [0.29, 0.717) is 18.5 Å². The van der Waals surface area contributed by atoms with Crippen molar-refractivity contribution in [2.45, 2.75) is 32.8 Å². The number of halogens is 4. The van der Waals surface area contributed by atoms with E-state index in [9.17, 15) is 13.2 Å². The number of hydrogen-bond acceptors (Lipinski definition) is 2. The second kappa shape index (κ2) is 7.01. The first kappa shape index (κ1) is 16.1. The van der Waals surface area contributed by atoms with Gasteiger partial charge in [-0.1, -0.05) is 12.1 Å². The Balaban J connectivity index is 2.65. The zero-order chi connectivity index (χ0) is 14.5. The van der Waals surface area contributed by atoms with Crippen LogP contribution in [0.25, 0.3) is 0 Å². The Morgan fingerprint density at radius 3 is 2.21 bits per heavy atom. The monoisotopic (exact) mass is 295 g/mol. The topological polar surface area (TPSA) is 12.5 Å². The first-order valence-electron chi connectivity index (χ1n) is 5.96. The third-order valence-corrected chi connectivity index (χ3v) is 2.81. The van der Waals surface area contributed by atoms with Crippen LogP contribution in [0.2, 0.25) is 0 Å². The molecule has 0 spiro atoms. The van der Waals surface area contributed by atoms with E-state index < -0.39 is 6.36 Å². The molecule has 0 bridgehead atoms. The number of ether oxygens (including phenoxy) is 1. The zero-order valence-electron chi connectivity index (χ0n) is 10.9. The maximum absolute atomic E-state index is 12.0. The van der Waals surface area contributed by atoms with Crippen molar-refractivity contribution >= 4 is 11.6 Å². The van der Waals surface area contributed by atoms with E-state index in [4.69, 9.17) is 11.6 Å². The van der Waals surface area contributed by atoms with Crippen molar-refractivity contribution in [3.8, 4) is 5.75 Å². The Morgan fingerprint density at radius 2 is 1.79 bits per heavy atom. The quantitative estimate of drug-likeness (QED) is 0.735. The summed E-state index contributed by atoms with van der Waals surface area (Å²) < 4.78 is 39.9. The molecule has 6 heteroatoms. The fourth-order valence-electron chi connectivity index (χ4n) is 1.66. The molecule has 0 aliphatic heterocycles. The molecular weight excluding hydrogens is 279 g/mol. The number of benzene rings is 1. The molecule has 2 nitrogen and oxygen atoms in total. The van der Waals surface area contributed by atoms with Crippen LogP contribution in [-0.4, -0.2) is 29.7 Å². The van der Waals surface area contributed by atoms with Crippen LogP contribution in [0.3, 0.4) is 0 Å². The van der Waals surface area contributed by atoms with E-state index in [1.807, 2.05) is 13.8 Å². The molecule has 1 aromatic rings. The summed E-state index contributed by atoms with van der Waals surface area (Å²) in [5.41, 5.74) is 0.924. The Bertz CT molecular complexity index is 378. The van der Waals surface area contributed by atoms with E-state index in [1.165, 1.54) is 12.1 Å². The first-order chi connectivity index (χ1) is 8.81. The molecular formula is C13H17ClF3NO. The Labute approximate surface area is 116 Å². The van der Waals surface area contributed by atoms with Crippen molar-refractivity contribution in [3.05, 3.63) is 29.8 Å². The molecule has 0 aliphatic rings. The van der Waals surface area contributed by atoms with Gasteiger partial charge < -0.3 is 4.74 Å². The molecule has 0 fully saturated rings. The van der Waals surface area contributed by atoms with Crippen LogP contribution in [0.15, 0.2) is 24.3 Å². The van der Waals surface area contributed by atoms with Crippen LogP contribution in [0.1, 0.15) is 19.4 Å². The summed E-state index contributed by atoms with van der Waals surface area (Å²) in [4.78, 5) is 2.15. The third-order valence-electron chi connectivity index (χ3n) is 2.64. The van der Waals surface area contributed by atoms with Crippen LogP contribution in [0, 0.1) is 0 Å². The minimum absolute atomic E-state index is 0.204. The van der Waals surface area contributed by atoms with Crippen LogP contribution >= 0.6 is 11.6 Å². The van der Waals surface area contributed by atoms with Crippen LogP contribution in [0.5, 0.6) is 5.75 Å². The van der Waals surface area contributed by atoms with Gasteiger partial charge in [-0.2, -0.15) is 0 Å². The largest absolute Gasteiger partial charge is 0.573 e. The minimum atomic E-state index is -4.65. The van der Waals surface area contributed by atoms with Gasteiger partial charge in [0.15, 0.2) is 0 Å². The fraction of sp³-hybridized carbons (Fsp3) is 0.538. The van der Waals surface area contributed by atoms with E-state index in [1.54, 1.807) is 12.1 Å². The second-order valence-electron chi connectivity index (χ2n) is 4.44. The lowest BCUT2D eigenvalue weighted by molar-refractivity contribution is -0.274. The molecule has 0 N–H and O–H groups in total. The molecule has 108 valence electrons. The van der Waals surface area contributed by atoms with Crippen molar-refractivity contribution in [1.29, 1.82) is 0 Å². The summed E-state index contributed by atoms with van der Waals surface area (Å²) in [5, 5.41) is 0. The summed E-state index contributed by atoms with van der Waals surface area (Å²) in [6.45, 7) is 5.48. The van der Waals surface area contributed by atoms with Crippen LogP contribution in [0.4, 0.5) is 13.2 Å². The first-order valence-corrected chi connectivity index (χ1v) is 6.50. The van der Waals surface area contributed by atoms with Crippen LogP contribution < -0.4 is 4.74 Å². The molecule has 19 heavy (non-hydrogen) atoms. The highest BCUT2D eigenvalue weighted by molar-refractivity contribution is 6.18. The highest BCUT2D eigenvalue weighted by Crippen LogP contribution is 2.23. The summed E-state index contributed by atoms with van der Waals surface area (Å²) in [5.74, 6) is 0.317. The van der Waals surface area contributed by atoms with Crippen molar-refractivity contribution in [1.82, 2.24) is 4.90 Å². The van der Waals surface area contributed by atoms with Crippen molar-refractivity contribution in [2.24, 2.45) is 0 Å². The molecule has 1 rings (SSSR count). The predicted octanol–water partition coefficient (Wildman–Crippen LogP) is 4.03. The van der Waals surface area contributed by atoms with Gasteiger partial charge in [-0.3, -0.25) is 4.90 Å². The standard InChI is InChI=1S/C13H17ClF3NO/c1-10(2)18(8-7-14)9-11-3-5-12(6-4-11)19-13(15,16)17/h3-6,10H,7-9H2,1-2H3. The lowest BCUT2D eigenvalue weighted by atomic mass is 10.2. The van der Waals surface area contributed by atoms with E-state index in [0.717, 1.165) is 12.1 Å². The van der Waals surface area contributed by atoms with Gasteiger partial charge in [-0.05, 0) is 31.5 Å². The number of nitrogens with zero attached hydrogens (tertiary/aromatic N) is 1. The molecule has 0 aromatic heterocycles. The highest BCUT2D eigenvalue weighted by Gasteiger charge is 2.30. The minimum Gasteiger partial charge on any atom is -0.406 e. The fourth-order valence-corrected chi connectivity index (χ4v) is 1.88. The van der Waals surface area contributed by atoms with Gasteiger partial charge in [-0.25, -0.2) is 0 Å². The van der Waals surface area contributed by atoms with E-state index in [2.05, 4.69) is 9.64 Å². The maximum Gasteiger partial charge on any atom is 0.573 e. The average molecular weight is 296 g/mol. The van der Waals surface area contributed by atoms with Gasteiger partial charge in [-0.15, -0.1) is 24.8 Å². The lowest BCUT2D eigenvalue weighted by Gasteiger charge is -2.25. The van der Waals surface area contributed by atoms with Crippen molar-refractivity contribution in [3.63, 3.8) is 0 Å². The number of hydrogen-bond donors (Lipinski definition) is 0. The third kappa shape index (κ3) is 6.16. The van der Waals surface area contributed by atoms with Crippen molar-refractivity contribution < 1.29 is 17.9 Å². The predicted molar refractivity (Wildman–Crippen MR) is 69.4 cm³/mol. The Kier molecular flexibility index (Phi) is 5.94. The molecule has 1 aromatic carbocycles. The normalized spacial score (nSPS) is 12.2. The van der Waals surface area contributed by atoms with Crippen LogP contribution in [-0.2, 0) is 6.54 Å². The molecule has 0 unspecified atom stereocenters. The molecule has 0 amide bonds. The molecule has 0 heterocycles. The molecule has 0 aliphatic carbocycles. The summed E-state index contributed by atoms with van der Waals surface area (Å²) in [7, 11) is 0. The van der Waals surface area contributed by atoms with Crippen molar-refractivity contribution in [2.75, 3.05) is 12.4 Å². The Hall–Kier alpha value is -0.940. The number of alkyl halides is 4. The SMILES string of the molecule is CC(C)N(CCCl)Cc1ccc(OC(F)(F)F)cc1. The van der Waals surface area contributed by atoms with Gasteiger partial charge in [0.25, 0.3) is 0 Å². The van der Waals surface area contributed by atoms with Gasteiger partial charge >= 0.3 is 6.36 Å². The highest BCUT2D eigenvalue weighted by atomic mass is 35.5. The molecule has 0 saturated heterocycles. The summed E-state index contributed by atoms with van der Waals surface area (Å²) >= 11 is 5.72. The average Bonchev–Trinajstić information content (AvgIpc) is 2.29. The van der Waals surface area contributed by atoms with Gasteiger partial charge in [0.2, 0.25) is 0 Å². The maximum atomic E-state index is 12.0. The Morgan fingerprint density at radius 1 is 1.21 bits per heavy atom. The van der Waals surface area contributed by atoms with E-state index >= 15 is 0 Å². The second-order valence-corrected chi connectivity index (χ2v) is 4.82. The zero-order valence-corrected chi connectivity index (χ0v) is 11.6. The molecule has 0 radical (unpaired) electrons. The number of rotatable bonds is 6. The smallest absolute Gasteiger partial charge is 0.406 e. The van der Waals surface area contributed by atoms with Gasteiger partial charge in [0.05, 0.1) is 0 Å². The lowest BCUT2D eigenvalue weighted by Crippen LogP contribution is -2.32. The van der Waals surface area contributed by atoms with Gasteiger partial charge in [0, 0.05) is 25.0 Å². The van der Waals surface area contributed by atoms with E-state index in [-0.39, 0.29) is 5.75 Å². The summed E-state index contributed by atoms with van der Waals surface area (Å²) in [6, 6.07) is 6.23.